The van der Waals surface area contributed by atoms with Crippen molar-refractivity contribution in [3.63, 3.8) is 0 Å². The second kappa shape index (κ2) is 16.9. The Balaban J connectivity index is 0. The molecule has 0 amide bonds. The third-order valence-corrected chi connectivity index (χ3v) is 3.21. The van der Waals surface area contributed by atoms with Gasteiger partial charge in [0, 0.05) is 39.8 Å². The molecule has 0 aromatic carbocycles. The van der Waals surface area contributed by atoms with Gasteiger partial charge in [0.25, 0.3) is 0 Å². The minimum atomic E-state index is -0.382. The molecule has 0 rings (SSSR count). The molecule has 0 aliphatic rings. The molecule has 0 bridgehead atoms. The number of ether oxygens (including phenoxy) is 2. The Morgan fingerprint density at radius 3 is 2.16 bits per heavy atom. The Hall–Kier alpha value is -0.570. The van der Waals surface area contributed by atoms with Crippen molar-refractivity contribution in [3.05, 3.63) is 0 Å². The molecule has 0 heterocycles. The van der Waals surface area contributed by atoms with E-state index in [1.165, 1.54) is 0 Å². The van der Waals surface area contributed by atoms with Gasteiger partial charge in [0.2, 0.25) is 0 Å². The van der Waals surface area contributed by atoms with Crippen molar-refractivity contribution in [2.75, 3.05) is 33.4 Å². The Labute approximate surface area is 170 Å². The van der Waals surface area contributed by atoms with Crippen molar-refractivity contribution in [2.24, 2.45) is 4.99 Å². The minimum absolute atomic E-state index is 0. The van der Waals surface area contributed by atoms with Gasteiger partial charge in [-0.3, -0.25) is 9.79 Å². The van der Waals surface area contributed by atoms with Gasteiger partial charge in [-0.2, -0.15) is 0 Å². The molecular formula is C18H38IN3O3. The van der Waals surface area contributed by atoms with Gasteiger partial charge in [-0.15, -0.1) is 24.0 Å². The molecule has 7 heteroatoms. The lowest BCUT2D eigenvalue weighted by Crippen LogP contribution is -2.38. The van der Waals surface area contributed by atoms with Crippen LogP contribution in [0.1, 0.15) is 66.2 Å². The number of halogens is 1. The Kier molecular flexibility index (Phi) is 18.0. The molecule has 25 heavy (non-hydrogen) atoms. The average molecular weight is 471 g/mol. The first-order chi connectivity index (χ1) is 11.4. The summed E-state index contributed by atoms with van der Waals surface area (Å²) in [5, 5.41) is 6.56. The normalized spacial score (nSPS) is 11.6. The molecule has 0 saturated carbocycles. The van der Waals surface area contributed by atoms with Gasteiger partial charge in [0.15, 0.2) is 5.96 Å². The van der Waals surface area contributed by atoms with Gasteiger partial charge in [-0.1, -0.05) is 12.8 Å². The maximum Gasteiger partial charge on any atom is 0.306 e. The Bertz CT molecular complexity index is 358. The average Bonchev–Trinajstić information content (AvgIpc) is 2.50. The van der Waals surface area contributed by atoms with Crippen LogP contribution in [0.5, 0.6) is 0 Å². The summed E-state index contributed by atoms with van der Waals surface area (Å²) in [5.41, 5.74) is -0.382. The number of nitrogens with zero attached hydrogens (tertiary/aromatic N) is 1. The molecule has 0 fully saturated rings. The number of esters is 1. The second-order valence-corrected chi connectivity index (χ2v) is 6.73. The fourth-order valence-corrected chi connectivity index (χ4v) is 2.09. The summed E-state index contributed by atoms with van der Waals surface area (Å²) < 4.78 is 10.6. The quantitative estimate of drug-likeness (QED) is 0.150. The number of hydrogen-bond donors (Lipinski definition) is 2. The number of hydrogen-bond acceptors (Lipinski definition) is 4. The molecule has 0 aromatic rings. The zero-order valence-electron chi connectivity index (χ0n) is 16.7. The molecular weight excluding hydrogens is 433 g/mol. The number of guanidine groups is 1. The van der Waals surface area contributed by atoms with E-state index in [9.17, 15) is 4.79 Å². The topological polar surface area (TPSA) is 72.0 Å². The Morgan fingerprint density at radius 2 is 1.60 bits per heavy atom. The fourth-order valence-electron chi connectivity index (χ4n) is 2.09. The first-order valence-electron chi connectivity index (χ1n) is 9.13. The zero-order chi connectivity index (χ0) is 18.3. The zero-order valence-corrected chi connectivity index (χ0v) is 19.0. The second-order valence-electron chi connectivity index (χ2n) is 6.73. The molecule has 0 aliphatic carbocycles. The molecule has 0 spiro atoms. The standard InChI is InChI=1S/C18H37N3O3.HI/c1-6-23-15-11-14-21-17(19-5)20-13-10-8-7-9-12-16(22)24-18(2,3)4;/h6-15H2,1-5H3,(H2,19,20,21);1H. The first-order valence-corrected chi connectivity index (χ1v) is 9.13. The van der Waals surface area contributed by atoms with Crippen LogP contribution in [0.25, 0.3) is 0 Å². The van der Waals surface area contributed by atoms with Crippen LogP contribution in [0.4, 0.5) is 0 Å². The monoisotopic (exact) mass is 471 g/mol. The summed E-state index contributed by atoms with van der Waals surface area (Å²) in [6.07, 6.45) is 5.57. The molecule has 0 atom stereocenters. The molecule has 0 radical (unpaired) electrons. The van der Waals surface area contributed by atoms with Crippen LogP contribution in [-0.4, -0.2) is 50.9 Å². The lowest BCUT2D eigenvalue weighted by molar-refractivity contribution is -0.154. The third kappa shape index (κ3) is 19.6. The first kappa shape index (κ1) is 26.7. The smallest absolute Gasteiger partial charge is 0.306 e. The van der Waals surface area contributed by atoms with E-state index in [1.54, 1.807) is 7.05 Å². The van der Waals surface area contributed by atoms with Crippen LogP contribution in [-0.2, 0) is 14.3 Å². The summed E-state index contributed by atoms with van der Waals surface area (Å²) >= 11 is 0. The van der Waals surface area contributed by atoms with Crippen molar-refractivity contribution in [1.82, 2.24) is 10.6 Å². The molecule has 6 nitrogen and oxygen atoms in total. The number of carbonyl (C=O) groups is 1. The lowest BCUT2D eigenvalue weighted by atomic mass is 10.1. The molecule has 0 aliphatic heterocycles. The van der Waals surface area contributed by atoms with Crippen molar-refractivity contribution >= 4 is 35.9 Å². The molecule has 2 N–H and O–H groups in total. The highest BCUT2D eigenvalue weighted by Crippen LogP contribution is 2.10. The predicted octanol–water partition coefficient (Wildman–Crippen LogP) is 3.49. The number of unbranched alkanes of at least 4 members (excludes halogenated alkanes) is 3. The van der Waals surface area contributed by atoms with Crippen molar-refractivity contribution in [1.29, 1.82) is 0 Å². The maximum atomic E-state index is 11.6. The lowest BCUT2D eigenvalue weighted by Gasteiger charge is -2.19. The number of nitrogens with one attached hydrogen (secondary N) is 2. The molecule has 0 aromatic heterocycles. The van der Waals surface area contributed by atoms with Gasteiger partial charge in [-0.05, 0) is 47.0 Å². The van der Waals surface area contributed by atoms with Gasteiger partial charge in [0.05, 0.1) is 0 Å². The number of carbonyl (C=O) groups excluding carboxylic acids is 1. The van der Waals surface area contributed by atoms with Crippen molar-refractivity contribution in [3.8, 4) is 0 Å². The van der Waals surface area contributed by atoms with Crippen LogP contribution < -0.4 is 10.6 Å². The summed E-state index contributed by atoms with van der Waals surface area (Å²) in [6, 6.07) is 0. The predicted molar refractivity (Wildman–Crippen MR) is 115 cm³/mol. The summed E-state index contributed by atoms with van der Waals surface area (Å²) in [5.74, 6) is 0.734. The van der Waals surface area contributed by atoms with Crippen LogP contribution in [0, 0.1) is 0 Å². The summed E-state index contributed by atoms with van der Waals surface area (Å²) in [7, 11) is 1.78. The Morgan fingerprint density at radius 1 is 1.00 bits per heavy atom. The van der Waals surface area contributed by atoms with Gasteiger partial charge in [-0.25, -0.2) is 0 Å². The molecule has 0 unspecified atom stereocenters. The van der Waals surface area contributed by atoms with E-state index in [0.29, 0.717) is 6.42 Å². The van der Waals surface area contributed by atoms with Gasteiger partial charge >= 0.3 is 5.97 Å². The van der Waals surface area contributed by atoms with E-state index in [0.717, 1.165) is 64.4 Å². The van der Waals surface area contributed by atoms with Crippen LogP contribution >= 0.6 is 24.0 Å². The van der Waals surface area contributed by atoms with Gasteiger partial charge in [0.1, 0.15) is 5.60 Å². The minimum Gasteiger partial charge on any atom is -0.460 e. The molecule has 150 valence electrons. The van der Waals surface area contributed by atoms with Crippen LogP contribution in [0.3, 0.4) is 0 Å². The SMILES string of the molecule is CCOCCCNC(=NC)NCCCCCCC(=O)OC(C)(C)C.I. The highest BCUT2D eigenvalue weighted by Gasteiger charge is 2.15. The fraction of sp³-hybridized carbons (Fsp3) is 0.889. The van der Waals surface area contributed by atoms with E-state index in [1.807, 2.05) is 27.7 Å². The van der Waals surface area contributed by atoms with E-state index >= 15 is 0 Å². The molecule has 0 saturated heterocycles. The van der Waals surface area contributed by atoms with E-state index in [4.69, 9.17) is 9.47 Å². The highest BCUT2D eigenvalue weighted by molar-refractivity contribution is 14.0. The number of rotatable bonds is 12. The van der Waals surface area contributed by atoms with Crippen molar-refractivity contribution < 1.29 is 14.3 Å². The largest absolute Gasteiger partial charge is 0.460 e. The van der Waals surface area contributed by atoms with E-state index in [2.05, 4.69) is 15.6 Å². The van der Waals surface area contributed by atoms with E-state index in [-0.39, 0.29) is 35.5 Å². The van der Waals surface area contributed by atoms with E-state index < -0.39 is 0 Å². The number of aliphatic imine (C=N–C) groups is 1. The van der Waals surface area contributed by atoms with Crippen LogP contribution in [0.2, 0.25) is 0 Å². The highest BCUT2D eigenvalue weighted by atomic mass is 127. The van der Waals surface area contributed by atoms with Gasteiger partial charge < -0.3 is 20.1 Å². The summed E-state index contributed by atoms with van der Waals surface area (Å²) in [6.45, 7) is 11.0. The van der Waals surface area contributed by atoms with Crippen LogP contribution in [0.15, 0.2) is 4.99 Å². The van der Waals surface area contributed by atoms with Crippen molar-refractivity contribution in [2.45, 2.75) is 71.8 Å². The third-order valence-electron chi connectivity index (χ3n) is 3.21. The summed E-state index contributed by atoms with van der Waals surface area (Å²) in [4.78, 5) is 15.8. The maximum absolute atomic E-state index is 11.6.